The average molecular weight is 395 g/mol. The fourth-order valence-corrected chi connectivity index (χ4v) is 3.61. The van der Waals surface area contributed by atoms with Gasteiger partial charge >= 0.3 is 0 Å². The summed E-state index contributed by atoms with van der Waals surface area (Å²) >= 11 is 0. The minimum absolute atomic E-state index is 0.0448. The molecule has 2 heterocycles. The summed E-state index contributed by atoms with van der Waals surface area (Å²) in [4.78, 5) is 29.2. The summed E-state index contributed by atoms with van der Waals surface area (Å²) in [5.41, 5.74) is 0.785. The molecule has 2 amide bonds. The maximum atomic E-state index is 12.8. The van der Waals surface area contributed by atoms with Gasteiger partial charge in [0.25, 0.3) is 5.91 Å². The molecule has 152 valence electrons. The smallest absolute Gasteiger partial charge is 0.267 e. The van der Waals surface area contributed by atoms with Crippen LogP contribution in [0, 0.1) is 0 Å². The Labute approximate surface area is 170 Å². The van der Waals surface area contributed by atoms with Gasteiger partial charge in [-0.1, -0.05) is 30.3 Å². The lowest BCUT2D eigenvalue weighted by molar-refractivity contribution is -0.143. The number of benzene rings is 2. The minimum atomic E-state index is -0.629. The summed E-state index contributed by atoms with van der Waals surface area (Å²) in [7, 11) is 0. The molecule has 0 radical (unpaired) electrons. The number of nitrogens with zero attached hydrogens (tertiary/aromatic N) is 2. The number of hydrogen-bond donors (Lipinski definition) is 1. The number of ether oxygens (including phenoxy) is 2. The second-order valence-corrected chi connectivity index (χ2v) is 7.26. The van der Waals surface area contributed by atoms with Crippen molar-refractivity contribution in [2.24, 2.45) is 0 Å². The van der Waals surface area contributed by atoms with E-state index in [-0.39, 0.29) is 24.5 Å². The Balaban J connectivity index is 1.29. The molecule has 2 aromatic carbocycles. The molecule has 0 aliphatic carbocycles. The third-order valence-corrected chi connectivity index (χ3v) is 5.38. The highest BCUT2D eigenvalue weighted by Gasteiger charge is 2.34. The van der Waals surface area contributed by atoms with Crippen LogP contribution >= 0.6 is 0 Å². The highest BCUT2D eigenvalue weighted by atomic mass is 16.6. The summed E-state index contributed by atoms with van der Waals surface area (Å²) in [6.45, 7) is 4.50. The summed E-state index contributed by atoms with van der Waals surface area (Å²) in [5, 5.41) is 2.94. The van der Waals surface area contributed by atoms with Crippen molar-refractivity contribution >= 4 is 17.5 Å². The Morgan fingerprint density at radius 1 is 0.966 bits per heavy atom. The van der Waals surface area contributed by atoms with Crippen molar-refractivity contribution in [1.82, 2.24) is 9.80 Å². The second-order valence-electron chi connectivity index (χ2n) is 7.26. The molecule has 0 bridgehead atoms. The Kier molecular flexibility index (Phi) is 5.67. The van der Waals surface area contributed by atoms with Gasteiger partial charge < -0.3 is 19.7 Å². The van der Waals surface area contributed by atoms with Gasteiger partial charge in [-0.2, -0.15) is 0 Å². The zero-order valence-electron chi connectivity index (χ0n) is 16.4. The molecular formula is C22H25N3O4. The SMILES string of the molecule is C[C@@H](C(=O)Nc1ccccc1)N1CCN(C(=O)[C@@H]2COc3ccccc3O2)CC1. The van der Waals surface area contributed by atoms with Gasteiger partial charge in [-0.05, 0) is 31.2 Å². The maximum absolute atomic E-state index is 12.8. The zero-order valence-corrected chi connectivity index (χ0v) is 16.4. The van der Waals surface area contributed by atoms with Gasteiger partial charge in [-0.15, -0.1) is 0 Å². The summed E-state index contributed by atoms with van der Waals surface area (Å²) in [5.74, 6) is 1.15. The van der Waals surface area contributed by atoms with Crippen molar-refractivity contribution in [3.05, 3.63) is 54.6 Å². The first-order valence-corrected chi connectivity index (χ1v) is 9.89. The van der Waals surface area contributed by atoms with Crippen LogP contribution in [0.25, 0.3) is 0 Å². The van der Waals surface area contributed by atoms with Gasteiger partial charge in [-0.3, -0.25) is 14.5 Å². The molecule has 1 fully saturated rings. The Morgan fingerprint density at radius 2 is 1.62 bits per heavy atom. The molecule has 0 saturated carbocycles. The normalized spacial score (nSPS) is 20.0. The molecule has 0 spiro atoms. The predicted molar refractivity (Wildman–Crippen MR) is 109 cm³/mol. The van der Waals surface area contributed by atoms with E-state index in [1.54, 1.807) is 11.0 Å². The van der Waals surface area contributed by atoms with E-state index in [0.717, 1.165) is 5.69 Å². The molecule has 2 atom stereocenters. The molecule has 0 unspecified atom stereocenters. The number of rotatable bonds is 4. The highest BCUT2D eigenvalue weighted by molar-refractivity contribution is 5.94. The van der Waals surface area contributed by atoms with E-state index in [2.05, 4.69) is 10.2 Å². The predicted octanol–water partition coefficient (Wildman–Crippen LogP) is 2.00. The van der Waals surface area contributed by atoms with Gasteiger partial charge in [0, 0.05) is 31.9 Å². The van der Waals surface area contributed by atoms with Gasteiger partial charge in [0.05, 0.1) is 6.04 Å². The van der Waals surface area contributed by atoms with E-state index in [1.807, 2.05) is 55.5 Å². The Bertz CT molecular complexity index is 865. The van der Waals surface area contributed by atoms with Crippen molar-refractivity contribution in [1.29, 1.82) is 0 Å². The number of carbonyl (C=O) groups excluding carboxylic acids is 2. The molecule has 2 aliphatic heterocycles. The molecule has 4 rings (SSSR count). The lowest BCUT2D eigenvalue weighted by Gasteiger charge is -2.39. The molecule has 7 nitrogen and oxygen atoms in total. The first kappa shape index (κ1) is 19.3. The van der Waals surface area contributed by atoms with Crippen LogP contribution in [0.4, 0.5) is 5.69 Å². The number of carbonyl (C=O) groups is 2. The standard InChI is InChI=1S/C22H25N3O4/c1-16(21(26)23-17-7-3-2-4-8-17)24-11-13-25(14-12-24)22(27)20-15-28-18-9-5-6-10-19(18)29-20/h2-10,16,20H,11-15H2,1H3,(H,23,26)/t16-,20-/m0/s1. The molecule has 0 aromatic heterocycles. The minimum Gasteiger partial charge on any atom is -0.485 e. The molecule has 2 aromatic rings. The van der Waals surface area contributed by atoms with Gasteiger partial charge in [0.15, 0.2) is 11.5 Å². The van der Waals surface area contributed by atoms with Crippen molar-refractivity contribution in [2.75, 3.05) is 38.1 Å². The van der Waals surface area contributed by atoms with Crippen LogP contribution in [-0.4, -0.2) is 66.5 Å². The third-order valence-electron chi connectivity index (χ3n) is 5.38. The maximum Gasteiger partial charge on any atom is 0.267 e. The second kappa shape index (κ2) is 8.53. The zero-order chi connectivity index (χ0) is 20.2. The van der Waals surface area contributed by atoms with Crippen molar-refractivity contribution < 1.29 is 19.1 Å². The lowest BCUT2D eigenvalue weighted by Crippen LogP contribution is -2.57. The summed E-state index contributed by atoms with van der Waals surface area (Å²) in [6.07, 6.45) is -0.629. The van der Waals surface area contributed by atoms with Crippen molar-refractivity contribution in [3.63, 3.8) is 0 Å². The molecule has 2 aliphatic rings. The van der Waals surface area contributed by atoms with E-state index in [9.17, 15) is 9.59 Å². The number of hydrogen-bond acceptors (Lipinski definition) is 5. The summed E-state index contributed by atoms with van der Waals surface area (Å²) in [6, 6.07) is 16.5. The van der Waals surface area contributed by atoms with Crippen LogP contribution in [-0.2, 0) is 9.59 Å². The van der Waals surface area contributed by atoms with Crippen LogP contribution in [0.15, 0.2) is 54.6 Å². The summed E-state index contributed by atoms with van der Waals surface area (Å²) < 4.78 is 11.5. The van der Waals surface area contributed by atoms with Crippen LogP contribution in [0.3, 0.4) is 0 Å². The van der Waals surface area contributed by atoms with E-state index < -0.39 is 6.10 Å². The van der Waals surface area contributed by atoms with Gasteiger partial charge in [0.2, 0.25) is 12.0 Å². The average Bonchev–Trinajstić information content (AvgIpc) is 2.78. The lowest BCUT2D eigenvalue weighted by atomic mass is 10.2. The number of amides is 2. The number of piperazine rings is 1. The van der Waals surface area contributed by atoms with E-state index in [4.69, 9.17) is 9.47 Å². The monoisotopic (exact) mass is 395 g/mol. The Hall–Kier alpha value is -3.06. The molecule has 1 saturated heterocycles. The third kappa shape index (κ3) is 4.35. The van der Waals surface area contributed by atoms with Crippen LogP contribution in [0.5, 0.6) is 11.5 Å². The number of fused-ring (bicyclic) bond motifs is 1. The fraction of sp³-hybridized carbons (Fsp3) is 0.364. The topological polar surface area (TPSA) is 71.1 Å². The number of para-hydroxylation sites is 3. The number of nitrogens with one attached hydrogen (secondary N) is 1. The molecule has 7 heteroatoms. The van der Waals surface area contributed by atoms with E-state index in [0.29, 0.717) is 37.7 Å². The first-order valence-electron chi connectivity index (χ1n) is 9.89. The fourth-order valence-electron chi connectivity index (χ4n) is 3.61. The quantitative estimate of drug-likeness (QED) is 0.858. The molecule has 29 heavy (non-hydrogen) atoms. The van der Waals surface area contributed by atoms with Gasteiger partial charge in [0.1, 0.15) is 6.61 Å². The van der Waals surface area contributed by atoms with Crippen LogP contribution < -0.4 is 14.8 Å². The Morgan fingerprint density at radius 3 is 2.34 bits per heavy atom. The largest absolute Gasteiger partial charge is 0.485 e. The van der Waals surface area contributed by atoms with Crippen LogP contribution in [0.2, 0.25) is 0 Å². The first-order chi connectivity index (χ1) is 14.1. The highest BCUT2D eigenvalue weighted by Crippen LogP contribution is 2.31. The molecule has 1 N–H and O–H groups in total. The van der Waals surface area contributed by atoms with Crippen molar-refractivity contribution in [2.45, 2.75) is 19.1 Å². The van der Waals surface area contributed by atoms with Crippen molar-refractivity contribution in [3.8, 4) is 11.5 Å². The number of anilines is 1. The van der Waals surface area contributed by atoms with Crippen LogP contribution in [0.1, 0.15) is 6.92 Å². The van der Waals surface area contributed by atoms with E-state index >= 15 is 0 Å². The molecular weight excluding hydrogens is 370 g/mol. The van der Waals surface area contributed by atoms with E-state index in [1.165, 1.54) is 0 Å². The van der Waals surface area contributed by atoms with Gasteiger partial charge in [-0.25, -0.2) is 0 Å².